The van der Waals surface area contributed by atoms with Gasteiger partial charge < -0.3 is 25.3 Å². The van der Waals surface area contributed by atoms with Crippen LogP contribution in [-0.4, -0.2) is 87.6 Å². The van der Waals surface area contributed by atoms with E-state index in [-0.39, 0.29) is 0 Å². The molecule has 8 heteroatoms. The molecule has 8 nitrogen and oxygen atoms in total. The molecule has 2 atom stereocenters. The summed E-state index contributed by atoms with van der Waals surface area (Å²) >= 11 is 0. The van der Waals surface area contributed by atoms with E-state index in [1.54, 1.807) is 0 Å². The molecular weight excluding hydrogens is 388 g/mol. The molecular formula is C22H28N2O6. The topological polar surface area (TPSA) is 122 Å². The SMILES string of the molecule is CN1CCN(C(c2ccccc2)c2ccccc2)CC1.O=C(O)C(O)C(O)C(=O)O. The molecule has 0 aromatic heterocycles. The Balaban J connectivity index is 0.000000274. The molecule has 1 aliphatic heterocycles. The number of hydrogen-bond acceptors (Lipinski definition) is 6. The molecule has 30 heavy (non-hydrogen) atoms. The van der Waals surface area contributed by atoms with Crippen LogP contribution in [0, 0.1) is 0 Å². The van der Waals surface area contributed by atoms with Gasteiger partial charge in [0.15, 0.2) is 12.2 Å². The number of carboxylic acids is 2. The fourth-order valence-electron chi connectivity index (χ4n) is 3.23. The van der Waals surface area contributed by atoms with Gasteiger partial charge in [0.05, 0.1) is 6.04 Å². The molecule has 1 aliphatic rings. The number of aliphatic hydroxyl groups excluding tert-OH is 2. The molecule has 0 saturated carbocycles. The van der Waals surface area contributed by atoms with Crippen molar-refractivity contribution in [2.45, 2.75) is 18.2 Å². The summed E-state index contributed by atoms with van der Waals surface area (Å²) in [7, 11) is 2.21. The average molecular weight is 416 g/mol. The van der Waals surface area contributed by atoms with Crippen molar-refractivity contribution in [2.75, 3.05) is 33.2 Å². The van der Waals surface area contributed by atoms with E-state index < -0.39 is 24.1 Å². The van der Waals surface area contributed by atoms with Gasteiger partial charge in [-0.15, -0.1) is 0 Å². The fourth-order valence-corrected chi connectivity index (χ4v) is 3.23. The van der Waals surface area contributed by atoms with E-state index in [1.807, 2.05) is 0 Å². The van der Waals surface area contributed by atoms with E-state index in [0.29, 0.717) is 6.04 Å². The van der Waals surface area contributed by atoms with Crippen molar-refractivity contribution >= 4 is 11.9 Å². The highest BCUT2D eigenvalue weighted by atomic mass is 16.4. The second-order valence-corrected chi connectivity index (χ2v) is 7.13. The predicted molar refractivity (Wildman–Crippen MR) is 111 cm³/mol. The van der Waals surface area contributed by atoms with Gasteiger partial charge in [0.2, 0.25) is 0 Å². The summed E-state index contributed by atoms with van der Waals surface area (Å²) < 4.78 is 0. The van der Waals surface area contributed by atoms with Crippen molar-refractivity contribution in [1.82, 2.24) is 9.80 Å². The Morgan fingerprint density at radius 3 is 1.43 bits per heavy atom. The van der Waals surface area contributed by atoms with Crippen LogP contribution in [0.15, 0.2) is 60.7 Å². The van der Waals surface area contributed by atoms with E-state index in [2.05, 4.69) is 77.5 Å². The quantitative estimate of drug-likeness (QED) is 0.548. The third kappa shape index (κ3) is 6.64. The number of hydrogen-bond donors (Lipinski definition) is 4. The van der Waals surface area contributed by atoms with Crippen LogP contribution in [0.4, 0.5) is 0 Å². The molecule has 1 heterocycles. The maximum atomic E-state index is 9.77. The Morgan fingerprint density at radius 2 is 1.10 bits per heavy atom. The highest BCUT2D eigenvalue weighted by Crippen LogP contribution is 2.29. The monoisotopic (exact) mass is 416 g/mol. The molecule has 2 aromatic rings. The van der Waals surface area contributed by atoms with Gasteiger partial charge in [0, 0.05) is 26.2 Å². The number of carboxylic acid groups (broad SMARTS) is 2. The summed E-state index contributed by atoms with van der Waals surface area (Å²) in [5.74, 6) is -3.54. The first-order valence-electron chi connectivity index (χ1n) is 9.65. The van der Waals surface area contributed by atoms with Gasteiger partial charge in [-0.05, 0) is 18.2 Å². The number of carbonyl (C=O) groups is 2. The molecule has 0 bridgehead atoms. The lowest BCUT2D eigenvalue weighted by atomic mass is 9.96. The first-order chi connectivity index (χ1) is 14.3. The van der Waals surface area contributed by atoms with Crippen LogP contribution in [0.1, 0.15) is 17.2 Å². The van der Waals surface area contributed by atoms with Gasteiger partial charge in [-0.2, -0.15) is 0 Å². The van der Waals surface area contributed by atoms with Crippen LogP contribution in [0.25, 0.3) is 0 Å². The molecule has 0 amide bonds. The van der Waals surface area contributed by atoms with Gasteiger partial charge in [-0.3, -0.25) is 4.90 Å². The lowest BCUT2D eigenvalue weighted by Gasteiger charge is -2.38. The van der Waals surface area contributed by atoms with Crippen LogP contribution in [0.3, 0.4) is 0 Å². The fraction of sp³-hybridized carbons (Fsp3) is 0.364. The Kier molecular flexibility index (Phi) is 8.94. The molecule has 2 unspecified atom stereocenters. The number of likely N-dealkylation sites (N-methyl/N-ethyl adjacent to an activating group) is 1. The first kappa shape index (κ1) is 23.5. The maximum absolute atomic E-state index is 9.77. The third-order valence-electron chi connectivity index (χ3n) is 4.94. The minimum absolute atomic E-state index is 0.381. The third-order valence-corrected chi connectivity index (χ3v) is 4.94. The molecule has 2 aromatic carbocycles. The summed E-state index contributed by atoms with van der Waals surface area (Å²) in [4.78, 5) is 24.6. The second kappa shape index (κ2) is 11.4. The highest BCUT2D eigenvalue weighted by Gasteiger charge is 2.29. The molecule has 162 valence electrons. The normalized spacial score (nSPS) is 16.9. The van der Waals surface area contributed by atoms with Crippen LogP contribution in [-0.2, 0) is 9.59 Å². The molecule has 0 aliphatic carbocycles. The van der Waals surface area contributed by atoms with Crippen molar-refractivity contribution in [1.29, 1.82) is 0 Å². The molecule has 4 N–H and O–H groups in total. The molecule has 1 saturated heterocycles. The minimum atomic E-state index is -2.27. The number of aliphatic carboxylic acids is 2. The van der Waals surface area contributed by atoms with E-state index in [9.17, 15) is 9.59 Å². The van der Waals surface area contributed by atoms with Crippen molar-refractivity contribution in [3.8, 4) is 0 Å². The lowest BCUT2D eigenvalue weighted by Crippen LogP contribution is -2.46. The summed E-state index contributed by atoms with van der Waals surface area (Å²) in [5, 5.41) is 32.5. The van der Waals surface area contributed by atoms with Crippen molar-refractivity contribution < 1.29 is 30.0 Å². The largest absolute Gasteiger partial charge is 0.479 e. The highest BCUT2D eigenvalue weighted by molar-refractivity contribution is 5.83. The average Bonchev–Trinajstić information content (AvgIpc) is 2.76. The number of nitrogens with zero attached hydrogens (tertiary/aromatic N) is 2. The van der Waals surface area contributed by atoms with Gasteiger partial charge in [-0.1, -0.05) is 60.7 Å². The Bertz CT molecular complexity index is 736. The smallest absolute Gasteiger partial charge is 0.335 e. The zero-order chi connectivity index (χ0) is 22.1. The first-order valence-corrected chi connectivity index (χ1v) is 9.65. The van der Waals surface area contributed by atoms with Crippen LogP contribution in [0.2, 0.25) is 0 Å². The second-order valence-electron chi connectivity index (χ2n) is 7.13. The van der Waals surface area contributed by atoms with E-state index in [0.717, 1.165) is 26.2 Å². The number of rotatable bonds is 6. The predicted octanol–water partition coefficient (Wildman–Crippen LogP) is 0.901. The van der Waals surface area contributed by atoms with Gasteiger partial charge in [0.1, 0.15) is 0 Å². The minimum Gasteiger partial charge on any atom is -0.479 e. The molecule has 0 radical (unpaired) electrons. The Morgan fingerprint density at radius 1 is 0.733 bits per heavy atom. The molecule has 0 spiro atoms. The van der Waals surface area contributed by atoms with Crippen molar-refractivity contribution in [2.24, 2.45) is 0 Å². The zero-order valence-electron chi connectivity index (χ0n) is 16.8. The molecule has 1 fully saturated rings. The molecule has 3 rings (SSSR count). The number of piperazine rings is 1. The van der Waals surface area contributed by atoms with Gasteiger partial charge in [0.25, 0.3) is 0 Å². The number of aliphatic hydroxyl groups is 2. The summed E-state index contributed by atoms with van der Waals surface area (Å²) in [6.45, 7) is 4.56. The van der Waals surface area contributed by atoms with E-state index in [4.69, 9.17) is 20.4 Å². The number of benzene rings is 2. The van der Waals surface area contributed by atoms with E-state index >= 15 is 0 Å². The van der Waals surface area contributed by atoms with Gasteiger partial charge in [-0.25, -0.2) is 9.59 Å². The summed E-state index contributed by atoms with van der Waals surface area (Å²) in [5.41, 5.74) is 2.78. The van der Waals surface area contributed by atoms with Crippen LogP contribution >= 0.6 is 0 Å². The van der Waals surface area contributed by atoms with Crippen molar-refractivity contribution in [3.63, 3.8) is 0 Å². The summed E-state index contributed by atoms with van der Waals surface area (Å²) in [6, 6.07) is 22.1. The van der Waals surface area contributed by atoms with E-state index in [1.165, 1.54) is 11.1 Å². The van der Waals surface area contributed by atoms with Crippen molar-refractivity contribution in [3.05, 3.63) is 71.8 Å². The Labute approximate surface area is 175 Å². The Hall–Kier alpha value is -2.78. The van der Waals surface area contributed by atoms with Crippen LogP contribution in [0.5, 0.6) is 0 Å². The lowest BCUT2D eigenvalue weighted by molar-refractivity contribution is -0.165. The van der Waals surface area contributed by atoms with Crippen LogP contribution < -0.4 is 0 Å². The standard InChI is InChI=1S/C18H22N2.C4H6O6/c1-19-12-14-20(15-13-19)18(16-8-4-2-5-9-16)17-10-6-3-7-11-17;5-1(3(7)8)2(6)4(9)10/h2-11,18H,12-15H2,1H3;1-2,5-6H,(H,7,8)(H,9,10). The zero-order valence-corrected chi connectivity index (χ0v) is 16.8. The van der Waals surface area contributed by atoms with Gasteiger partial charge >= 0.3 is 11.9 Å². The maximum Gasteiger partial charge on any atom is 0.335 e. The summed E-state index contributed by atoms with van der Waals surface area (Å²) in [6.07, 6.45) is -4.53.